The fourth-order valence-corrected chi connectivity index (χ4v) is 2.71. The maximum absolute atomic E-state index is 5.53. The summed E-state index contributed by atoms with van der Waals surface area (Å²) in [5, 5.41) is 9.77. The molecule has 23 heavy (non-hydrogen) atoms. The maximum atomic E-state index is 5.53. The zero-order valence-corrected chi connectivity index (χ0v) is 17.1. The van der Waals surface area contributed by atoms with Gasteiger partial charge in [0.2, 0.25) is 5.89 Å². The second kappa shape index (κ2) is 9.86. The summed E-state index contributed by atoms with van der Waals surface area (Å²) in [6, 6.07) is 0. The van der Waals surface area contributed by atoms with Crippen LogP contribution in [0.5, 0.6) is 0 Å². The molecule has 8 heteroatoms. The third kappa shape index (κ3) is 6.09. The summed E-state index contributed by atoms with van der Waals surface area (Å²) < 4.78 is 5.53. The first-order chi connectivity index (χ1) is 10.6. The molecule has 2 rings (SSSR count). The Morgan fingerprint density at radius 3 is 2.65 bits per heavy atom. The predicted molar refractivity (Wildman–Crippen MR) is 105 cm³/mol. The van der Waals surface area contributed by atoms with E-state index in [-0.39, 0.29) is 24.0 Å². The largest absolute Gasteiger partial charge is 0.444 e. The SMILES string of the molecule is CCc1nc(CCNC(=NC)NCc2nc(C)c(C)o2)cs1.I. The molecule has 0 radical (unpaired) electrons. The highest BCUT2D eigenvalue weighted by atomic mass is 127. The molecule has 0 unspecified atom stereocenters. The molecule has 0 bridgehead atoms. The molecule has 0 aliphatic rings. The summed E-state index contributed by atoms with van der Waals surface area (Å²) in [6.45, 7) is 7.28. The van der Waals surface area contributed by atoms with Crippen molar-refractivity contribution in [2.75, 3.05) is 13.6 Å². The van der Waals surface area contributed by atoms with Crippen LogP contribution in [-0.2, 0) is 19.4 Å². The summed E-state index contributed by atoms with van der Waals surface area (Å²) in [6.07, 6.45) is 1.88. The topological polar surface area (TPSA) is 75.3 Å². The fourth-order valence-electron chi connectivity index (χ4n) is 1.93. The molecule has 0 amide bonds. The van der Waals surface area contributed by atoms with Crippen LogP contribution in [0.4, 0.5) is 0 Å². The molecule has 128 valence electrons. The molecule has 0 aliphatic heterocycles. The summed E-state index contributed by atoms with van der Waals surface area (Å²) >= 11 is 1.72. The lowest BCUT2D eigenvalue weighted by atomic mass is 10.3. The number of rotatable bonds is 6. The highest BCUT2D eigenvalue weighted by Gasteiger charge is 2.06. The Balaban J connectivity index is 0.00000264. The number of oxazole rings is 1. The average Bonchev–Trinajstić information content (AvgIpc) is 3.09. The number of aliphatic imine (C=N–C) groups is 1. The molecule has 2 aromatic heterocycles. The number of halogens is 1. The Bertz CT molecular complexity index is 618. The van der Waals surface area contributed by atoms with Crippen LogP contribution in [0.3, 0.4) is 0 Å². The van der Waals surface area contributed by atoms with E-state index in [4.69, 9.17) is 4.42 Å². The van der Waals surface area contributed by atoms with Crippen molar-refractivity contribution in [3.63, 3.8) is 0 Å². The van der Waals surface area contributed by atoms with Crippen LogP contribution >= 0.6 is 35.3 Å². The van der Waals surface area contributed by atoms with Crippen LogP contribution in [0.2, 0.25) is 0 Å². The van der Waals surface area contributed by atoms with Crippen molar-refractivity contribution in [3.05, 3.63) is 33.4 Å². The van der Waals surface area contributed by atoms with E-state index in [0.717, 1.165) is 42.5 Å². The number of nitrogens with zero attached hydrogens (tertiary/aromatic N) is 3. The second-order valence-electron chi connectivity index (χ2n) is 4.94. The van der Waals surface area contributed by atoms with Gasteiger partial charge in [0.05, 0.1) is 22.9 Å². The summed E-state index contributed by atoms with van der Waals surface area (Å²) in [5.74, 6) is 2.26. The van der Waals surface area contributed by atoms with E-state index in [9.17, 15) is 0 Å². The van der Waals surface area contributed by atoms with E-state index in [2.05, 4.69) is 37.9 Å². The molecule has 2 heterocycles. The van der Waals surface area contributed by atoms with E-state index in [1.807, 2.05) is 13.8 Å². The summed E-state index contributed by atoms with van der Waals surface area (Å²) in [5.41, 5.74) is 2.05. The quantitative estimate of drug-likeness (QED) is 0.403. The first kappa shape index (κ1) is 19.9. The summed E-state index contributed by atoms with van der Waals surface area (Å²) in [7, 11) is 1.75. The van der Waals surface area contributed by atoms with Gasteiger partial charge in [-0.2, -0.15) is 0 Å². The van der Waals surface area contributed by atoms with Gasteiger partial charge < -0.3 is 15.1 Å². The lowest BCUT2D eigenvalue weighted by Crippen LogP contribution is -2.38. The number of thiazole rings is 1. The fraction of sp³-hybridized carbons (Fsp3) is 0.533. The first-order valence-corrected chi connectivity index (χ1v) is 8.31. The van der Waals surface area contributed by atoms with Gasteiger partial charge in [0.25, 0.3) is 0 Å². The van der Waals surface area contributed by atoms with E-state index >= 15 is 0 Å². The van der Waals surface area contributed by atoms with Gasteiger partial charge in [-0.25, -0.2) is 9.97 Å². The maximum Gasteiger partial charge on any atom is 0.214 e. The molecule has 0 atom stereocenters. The van der Waals surface area contributed by atoms with Crippen molar-refractivity contribution in [2.45, 2.75) is 40.2 Å². The van der Waals surface area contributed by atoms with Gasteiger partial charge in [0, 0.05) is 25.4 Å². The highest BCUT2D eigenvalue weighted by Crippen LogP contribution is 2.10. The monoisotopic (exact) mass is 449 g/mol. The molecule has 0 saturated carbocycles. The minimum absolute atomic E-state index is 0. The second-order valence-corrected chi connectivity index (χ2v) is 5.88. The van der Waals surface area contributed by atoms with Crippen LogP contribution in [0, 0.1) is 13.8 Å². The predicted octanol–water partition coefficient (Wildman–Crippen LogP) is 2.84. The average molecular weight is 449 g/mol. The Labute approximate surface area is 158 Å². The van der Waals surface area contributed by atoms with E-state index in [0.29, 0.717) is 12.4 Å². The van der Waals surface area contributed by atoms with Gasteiger partial charge in [0.1, 0.15) is 5.76 Å². The molecule has 0 spiro atoms. The van der Waals surface area contributed by atoms with Crippen LogP contribution in [0.15, 0.2) is 14.8 Å². The van der Waals surface area contributed by atoms with Crippen molar-refractivity contribution in [1.29, 1.82) is 0 Å². The standard InChI is InChI=1S/C15H23N5OS.HI/c1-5-14-20-12(9-22-14)6-7-17-15(16-4)18-8-13-19-10(2)11(3)21-13;/h9H,5-8H2,1-4H3,(H2,16,17,18);1H. The van der Waals surface area contributed by atoms with Crippen molar-refractivity contribution in [1.82, 2.24) is 20.6 Å². The van der Waals surface area contributed by atoms with Crippen LogP contribution in [-0.4, -0.2) is 29.5 Å². The van der Waals surface area contributed by atoms with Gasteiger partial charge in [-0.3, -0.25) is 4.99 Å². The third-order valence-corrected chi connectivity index (χ3v) is 4.32. The Kier molecular flexibility index (Phi) is 8.53. The van der Waals surface area contributed by atoms with Crippen molar-refractivity contribution < 1.29 is 4.42 Å². The van der Waals surface area contributed by atoms with E-state index in [1.165, 1.54) is 5.01 Å². The molecule has 0 saturated heterocycles. The molecule has 0 aliphatic carbocycles. The smallest absolute Gasteiger partial charge is 0.214 e. The summed E-state index contributed by atoms with van der Waals surface area (Å²) in [4.78, 5) is 13.1. The normalized spacial score (nSPS) is 11.2. The van der Waals surface area contributed by atoms with Crippen LogP contribution in [0.25, 0.3) is 0 Å². The Hall–Kier alpha value is -1.16. The minimum atomic E-state index is 0. The Morgan fingerprint density at radius 1 is 1.30 bits per heavy atom. The van der Waals surface area contributed by atoms with Crippen molar-refractivity contribution in [2.24, 2.45) is 4.99 Å². The first-order valence-electron chi connectivity index (χ1n) is 7.43. The number of hydrogen-bond acceptors (Lipinski definition) is 5. The number of nitrogens with one attached hydrogen (secondary N) is 2. The zero-order chi connectivity index (χ0) is 15.9. The molecule has 2 aromatic rings. The molecular formula is C15H24IN5OS. The van der Waals surface area contributed by atoms with Gasteiger partial charge in [-0.05, 0) is 20.3 Å². The molecule has 0 aromatic carbocycles. The van der Waals surface area contributed by atoms with E-state index in [1.54, 1.807) is 18.4 Å². The Morgan fingerprint density at radius 2 is 2.09 bits per heavy atom. The van der Waals surface area contributed by atoms with Crippen molar-refractivity contribution in [3.8, 4) is 0 Å². The lowest BCUT2D eigenvalue weighted by molar-refractivity contribution is 0.463. The van der Waals surface area contributed by atoms with Gasteiger partial charge >= 0.3 is 0 Å². The third-order valence-electron chi connectivity index (χ3n) is 3.28. The molecular weight excluding hydrogens is 425 g/mol. The molecule has 6 nitrogen and oxygen atoms in total. The highest BCUT2D eigenvalue weighted by molar-refractivity contribution is 14.0. The number of guanidine groups is 1. The molecule has 2 N–H and O–H groups in total. The van der Waals surface area contributed by atoms with Gasteiger partial charge in [0.15, 0.2) is 5.96 Å². The van der Waals surface area contributed by atoms with Crippen LogP contribution < -0.4 is 10.6 Å². The number of aryl methyl sites for hydroxylation is 3. The van der Waals surface area contributed by atoms with Crippen LogP contribution in [0.1, 0.15) is 35.0 Å². The molecule has 0 fully saturated rings. The zero-order valence-electron chi connectivity index (χ0n) is 14.0. The number of aromatic nitrogens is 2. The lowest BCUT2D eigenvalue weighted by Gasteiger charge is -2.09. The van der Waals surface area contributed by atoms with Gasteiger partial charge in [-0.15, -0.1) is 35.3 Å². The van der Waals surface area contributed by atoms with E-state index < -0.39 is 0 Å². The van der Waals surface area contributed by atoms with Gasteiger partial charge in [-0.1, -0.05) is 6.92 Å². The minimum Gasteiger partial charge on any atom is -0.444 e. The number of hydrogen-bond donors (Lipinski definition) is 2. The van der Waals surface area contributed by atoms with Crippen molar-refractivity contribution >= 4 is 41.3 Å².